The van der Waals surface area contributed by atoms with Gasteiger partial charge in [-0.1, -0.05) is 17.7 Å². The van der Waals surface area contributed by atoms with E-state index < -0.39 is 11.6 Å². The zero-order valence-electron chi connectivity index (χ0n) is 9.35. The van der Waals surface area contributed by atoms with Gasteiger partial charge in [0.05, 0.1) is 17.7 Å². The second-order valence-corrected chi connectivity index (χ2v) is 3.75. The van der Waals surface area contributed by atoms with E-state index in [2.05, 4.69) is 9.97 Å². The minimum atomic E-state index is -0.781. The number of ketones is 1. The first-order valence-corrected chi connectivity index (χ1v) is 5.36. The molecule has 0 saturated carbocycles. The minimum Gasteiger partial charge on any atom is -0.479 e. The third-order valence-electron chi connectivity index (χ3n) is 2.27. The summed E-state index contributed by atoms with van der Waals surface area (Å²) in [5.74, 6) is -1.36. The van der Waals surface area contributed by atoms with E-state index in [4.69, 9.17) is 16.3 Å². The average molecular weight is 267 g/mol. The Balaban J connectivity index is 2.52. The fraction of sp³-hybridized carbons (Fsp3) is 0.0833. The van der Waals surface area contributed by atoms with Gasteiger partial charge in [0, 0.05) is 12.4 Å². The SMILES string of the molecule is COc1nccnc1C(=O)c1cccc(Cl)c1F. The third kappa shape index (κ3) is 2.17. The standard InChI is InChI=1S/C12H8ClFN2O2/c1-18-12-10(15-5-6-16-12)11(17)7-3-2-4-8(13)9(7)14/h2-6H,1H3. The molecule has 0 bridgehead atoms. The molecule has 0 radical (unpaired) electrons. The van der Waals surface area contributed by atoms with Gasteiger partial charge in [-0.2, -0.15) is 0 Å². The number of methoxy groups -OCH3 is 1. The van der Waals surface area contributed by atoms with Gasteiger partial charge < -0.3 is 4.74 Å². The smallest absolute Gasteiger partial charge is 0.243 e. The van der Waals surface area contributed by atoms with E-state index in [1.54, 1.807) is 0 Å². The van der Waals surface area contributed by atoms with E-state index in [0.717, 1.165) is 0 Å². The summed E-state index contributed by atoms with van der Waals surface area (Å²) in [6.07, 6.45) is 2.71. The number of rotatable bonds is 3. The number of halogens is 2. The van der Waals surface area contributed by atoms with Gasteiger partial charge in [0.2, 0.25) is 11.7 Å². The van der Waals surface area contributed by atoms with E-state index in [1.807, 2.05) is 0 Å². The highest BCUT2D eigenvalue weighted by Crippen LogP contribution is 2.22. The molecule has 0 saturated heterocycles. The number of hydrogen-bond donors (Lipinski definition) is 0. The maximum atomic E-state index is 13.7. The van der Waals surface area contributed by atoms with Gasteiger partial charge in [0.1, 0.15) is 0 Å². The van der Waals surface area contributed by atoms with Crippen molar-refractivity contribution < 1.29 is 13.9 Å². The Hall–Kier alpha value is -2.01. The topological polar surface area (TPSA) is 52.1 Å². The van der Waals surface area contributed by atoms with Crippen molar-refractivity contribution in [2.45, 2.75) is 0 Å². The molecule has 0 unspecified atom stereocenters. The van der Waals surface area contributed by atoms with Crippen molar-refractivity contribution in [1.29, 1.82) is 0 Å². The van der Waals surface area contributed by atoms with Crippen LogP contribution in [0.15, 0.2) is 30.6 Å². The van der Waals surface area contributed by atoms with E-state index >= 15 is 0 Å². The summed E-state index contributed by atoms with van der Waals surface area (Å²) in [7, 11) is 1.36. The summed E-state index contributed by atoms with van der Waals surface area (Å²) < 4.78 is 18.6. The third-order valence-corrected chi connectivity index (χ3v) is 2.56. The molecular formula is C12H8ClFN2O2. The number of carbonyl (C=O) groups is 1. The fourth-order valence-corrected chi connectivity index (χ4v) is 1.61. The highest BCUT2D eigenvalue weighted by molar-refractivity contribution is 6.31. The maximum absolute atomic E-state index is 13.7. The monoisotopic (exact) mass is 266 g/mol. The number of hydrogen-bond acceptors (Lipinski definition) is 4. The molecule has 4 nitrogen and oxygen atoms in total. The van der Waals surface area contributed by atoms with Crippen LogP contribution in [0.25, 0.3) is 0 Å². The molecule has 18 heavy (non-hydrogen) atoms. The molecule has 2 rings (SSSR count). The highest BCUT2D eigenvalue weighted by Gasteiger charge is 2.21. The Labute approximate surface area is 107 Å². The molecule has 0 amide bonds. The van der Waals surface area contributed by atoms with Crippen LogP contribution in [0, 0.1) is 5.82 Å². The molecule has 0 aliphatic carbocycles. The summed E-state index contributed by atoms with van der Waals surface area (Å²) in [6, 6.07) is 4.18. The molecule has 1 heterocycles. The Morgan fingerprint density at radius 1 is 1.33 bits per heavy atom. The first-order valence-electron chi connectivity index (χ1n) is 4.99. The lowest BCUT2D eigenvalue weighted by Crippen LogP contribution is -2.09. The summed E-state index contributed by atoms with van der Waals surface area (Å²) in [6.45, 7) is 0. The van der Waals surface area contributed by atoms with Crippen LogP contribution < -0.4 is 4.74 Å². The number of benzene rings is 1. The lowest BCUT2D eigenvalue weighted by atomic mass is 10.1. The van der Waals surface area contributed by atoms with E-state index in [9.17, 15) is 9.18 Å². The van der Waals surface area contributed by atoms with Gasteiger partial charge in [0.25, 0.3) is 0 Å². The van der Waals surface area contributed by atoms with Crippen molar-refractivity contribution in [3.05, 3.63) is 52.7 Å². The number of aromatic nitrogens is 2. The molecule has 6 heteroatoms. The summed E-state index contributed by atoms with van der Waals surface area (Å²) in [5, 5.41) is -0.122. The molecule has 0 aliphatic rings. The van der Waals surface area contributed by atoms with Crippen LogP contribution in [-0.4, -0.2) is 22.9 Å². The van der Waals surface area contributed by atoms with Gasteiger partial charge in [0.15, 0.2) is 11.5 Å². The van der Waals surface area contributed by atoms with E-state index in [-0.39, 0.29) is 22.2 Å². The van der Waals surface area contributed by atoms with Crippen LogP contribution >= 0.6 is 11.6 Å². The Morgan fingerprint density at radius 3 is 2.78 bits per heavy atom. The molecule has 0 N–H and O–H groups in total. The van der Waals surface area contributed by atoms with Crippen molar-refractivity contribution in [2.75, 3.05) is 7.11 Å². The molecule has 0 aliphatic heterocycles. The highest BCUT2D eigenvalue weighted by atomic mass is 35.5. The van der Waals surface area contributed by atoms with Gasteiger partial charge >= 0.3 is 0 Å². The predicted octanol–water partition coefficient (Wildman–Crippen LogP) is 2.51. The van der Waals surface area contributed by atoms with Crippen molar-refractivity contribution in [3.8, 4) is 5.88 Å². The summed E-state index contributed by atoms with van der Waals surface area (Å²) in [4.78, 5) is 19.8. The number of carbonyl (C=O) groups excluding carboxylic acids is 1. The average Bonchev–Trinajstić information content (AvgIpc) is 2.41. The Kier molecular flexibility index (Phi) is 3.53. The normalized spacial score (nSPS) is 10.2. The molecule has 0 spiro atoms. The largest absolute Gasteiger partial charge is 0.479 e. The lowest BCUT2D eigenvalue weighted by molar-refractivity contribution is 0.102. The Bertz CT molecular complexity index is 604. The molecule has 1 aromatic heterocycles. The van der Waals surface area contributed by atoms with Gasteiger partial charge in [-0.05, 0) is 12.1 Å². The first-order chi connectivity index (χ1) is 8.65. The Morgan fingerprint density at radius 2 is 2.06 bits per heavy atom. The predicted molar refractivity (Wildman–Crippen MR) is 63.4 cm³/mol. The van der Waals surface area contributed by atoms with Crippen molar-refractivity contribution in [2.24, 2.45) is 0 Å². The van der Waals surface area contributed by atoms with Gasteiger partial charge in [-0.25, -0.2) is 14.4 Å². The molecule has 0 atom stereocenters. The van der Waals surface area contributed by atoms with Crippen LogP contribution in [-0.2, 0) is 0 Å². The zero-order valence-corrected chi connectivity index (χ0v) is 10.1. The lowest BCUT2D eigenvalue weighted by Gasteiger charge is -2.06. The second kappa shape index (κ2) is 5.10. The van der Waals surface area contributed by atoms with E-state index in [0.29, 0.717) is 0 Å². The summed E-state index contributed by atoms with van der Waals surface area (Å²) in [5.41, 5.74) is -0.220. The van der Waals surface area contributed by atoms with Crippen LogP contribution in [0.2, 0.25) is 5.02 Å². The quantitative estimate of drug-likeness (QED) is 0.801. The van der Waals surface area contributed by atoms with Gasteiger partial charge in [-0.3, -0.25) is 4.79 Å². The van der Waals surface area contributed by atoms with Crippen molar-refractivity contribution in [3.63, 3.8) is 0 Å². The second-order valence-electron chi connectivity index (χ2n) is 3.34. The molecule has 0 fully saturated rings. The van der Waals surface area contributed by atoms with Gasteiger partial charge in [-0.15, -0.1) is 0 Å². The summed E-state index contributed by atoms with van der Waals surface area (Å²) >= 11 is 5.62. The first kappa shape index (κ1) is 12.4. The van der Waals surface area contributed by atoms with E-state index in [1.165, 1.54) is 37.7 Å². The molecule has 1 aromatic carbocycles. The molecular weight excluding hydrogens is 259 g/mol. The van der Waals surface area contributed by atoms with Crippen LogP contribution in [0.5, 0.6) is 5.88 Å². The van der Waals surface area contributed by atoms with Crippen molar-refractivity contribution >= 4 is 17.4 Å². The van der Waals surface area contributed by atoms with Crippen LogP contribution in [0.1, 0.15) is 16.1 Å². The number of nitrogens with zero attached hydrogens (tertiary/aromatic N) is 2. The minimum absolute atomic E-state index is 0.0434. The number of ether oxygens (including phenoxy) is 1. The molecule has 92 valence electrons. The van der Waals surface area contributed by atoms with Crippen molar-refractivity contribution in [1.82, 2.24) is 9.97 Å². The van der Waals surface area contributed by atoms with Crippen LogP contribution in [0.4, 0.5) is 4.39 Å². The maximum Gasteiger partial charge on any atom is 0.243 e. The van der Waals surface area contributed by atoms with Crippen LogP contribution in [0.3, 0.4) is 0 Å². The molecule has 2 aromatic rings. The zero-order chi connectivity index (χ0) is 13.1. The fourth-order valence-electron chi connectivity index (χ4n) is 1.44.